The lowest BCUT2D eigenvalue weighted by Crippen LogP contribution is -2.41. The lowest BCUT2D eigenvalue weighted by molar-refractivity contribution is 0.580. The van der Waals surface area contributed by atoms with Crippen molar-refractivity contribution >= 4 is 40.0 Å². The summed E-state index contributed by atoms with van der Waals surface area (Å²) in [6.07, 6.45) is 3.83. The van der Waals surface area contributed by atoms with Gasteiger partial charge in [-0.1, -0.05) is 31.2 Å². The number of halogens is 1. The third kappa shape index (κ3) is 7.43. The number of guanidine groups is 1. The van der Waals surface area contributed by atoms with Gasteiger partial charge in [-0.05, 0) is 29.7 Å². The summed E-state index contributed by atoms with van der Waals surface area (Å²) in [7, 11) is -1.86. The first-order chi connectivity index (χ1) is 12.6. The lowest BCUT2D eigenvalue weighted by Gasteiger charge is -2.14. The Morgan fingerprint density at radius 2 is 1.81 bits per heavy atom. The maximum absolute atomic E-state index is 12.1. The Bertz CT molecular complexity index is 829. The Hall–Kier alpha value is -1.72. The largest absolute Gasteiger partial charge is 0.355 e. The van der Waals surface area contributed by atoms with Gasteiger partial charge in [-0.15, -0.1) is 24.0 Å². The van der Waals surface area contributed by atoms with Crippen LogP contribution in [-0.4, -0.2) is 39.5 Å². The molecule has 0 fully saturated rings. The molecule has 0 aliphatic carbocycles. The highest BCUT2D eigenvalue weighted by molar-refractivity contribution is 14.0. The monoisotopic (exact) mass is 503 g/mol. The maximum Gasteiger partial charge on any atom is 0.242 e. The van der Waals surface area contributed by atoms with Crippen molar-refractivity contribution in [3.8, 4) is 0 Å². The van der Waals surface area contributed by atoms with E-state index in [4.69, 9.17) is 0 Å². The first-order valence-corrected chi connectivity index (χ1v) is 9.96. The second-order valence-corrected chi connectivity index (χ2v) is 7.33. The third-order valence-electron chi connectivity index (χ3n) is 3.82. The number of aliphatic imine (C=N–C) groups is 1. The van der Waals surface area contributed by atoms with Gasteiger partial charge in [-0.3, -0.25) is 9.98 Å². The van der Waals surface area contributed by atoms with Crippen molar-refractivity contribution in [2.45, 2.75) is 24.8 Å². The molecule has 1 aromatic heterocycles. The summed E-state index contributed by atoms with van der Waals surface area (Å²) < 4.78 is 26.7. The van der Waals surface area contributed by atoms with E-state index in [1.165, 1.54) is 29.6 Å². The van der Waals surface area contributed by atoms with E-state index in [0.717, 1.165) is 6.42 Å². The van der Waals surface area contributed by atoms with E-state index >= 15 is 0 Å². The van der Waals surface area contributed by atoms with E-state index in [0.29, 0.717) is 19.0 Å². The number of hydrogen-bond acceptors (Lipinski definition) is 4. The molecule has 2 rings (SSSR count). The second-order valence-electron chi connectivity index (χ2n) is 5.56. The number of sulfonamides is 1. The van der Waals surface area contributed by atoms with Crippen LogP contribution in [0.3, 0.4) is 0 Å². The number of nitrogens with one attached hydrogen (secondary N) is 3. The highest BCUT2D eigenvalue weighted by Gasteiger charge is 2.12. The molecule has 0 amide bonds. The van der Waals surface area contributed by atoms with Crippen molar-refractivity contribution in [1.29, 1.82) is 0 Å². The summed E-state index contributed by atoms with van der Waals surface area (Å²) in [4.78, 5) is 8.13. The normalized spacial score (nSPS) is 11.6. The second kappa shape index (κ2) is 11.9. The molecule has 0 spiro atoms. The summed E-state index contributed by atoms with van der Waals surface area (Å²) in [6.45, 7) is 3.43. The van der Waals surface area contributed by atoms with Gasteiger partial charge in [0.2, 0.25) is 10.0 Å². The van der Waals surface area contributed by atoms with Crippen LogP contribution in [-0.2, 0) is 23.0 Å². The number of nitrogens with zero attached hydrogens (tertiary/aromatic N) is 2. The van der Waals surface area contributed by atoms with E-state index in [2.05, 4.69) is 44.4 Å². The molecule has 0 bridgehead atoms. The van der Waals surface area contributed by atoms with Crippen molar-refractivity contribution in [3.05, 3.63) is 59.9 Å². The standard InChI is InChI=1S/C18H25N5O2S.HI/c1-3-15-7-4-5-8-16(15)13-22-18(19-2)21-11-12-23-26(24,25)17-9-6-10-20-14-17;/h4-10,14,23H,3,11-13H2,1-2H3,(H2,19,21,22);1H. The van der Waals surface area contributed by atoms with E-state index < -0.39 is 10.0 Å². The molecular weight excluding hydrogens is 477 g/mol. The topological polar surface area (TPSA) is 95.5 Å². The molecule has 0 saturated carbocycles. The van der Waals surface area contributed by atoms with Gasteiger partial charge in [0.25, 0.3) is 0 Å². The SMILES string of the molecule is CCc1ccccc1CNC(=NC)NCCNS(=O)(=O)c1cccnc1.I. The van der Waals surface area contributed by atoms with Crippen molar-refractivity contribution in [3.63, 3.8) is 0 Å². The summed E-state index contributed by atoms with van der Waals surface area (Å²) >= 11 is 0. The van der Waals surface area contributed by atoms with E-state index in [1.54, 1.807) is 13.1 Å². The fraction of sp³-hybridized carbons (Fsp3) is 0.333. The van der Waals surface area contributed by atoms with Crippen molar-refractivity contribution in [2.75, 3.05) is 20.1 Å². The van der Waals surface area contributed by atoms with Crippen molar-refractivity contribution < 1.29 is 8.42 Å². The fourth-order valence-electron chi connectivity index (χ4n) is 2.43. The van der Waals surface area contributed by atoms with E-state index in [9.17, 15) is 8.42 Å². The van der Waals surface area contributed by atoms with Gasteiger partial charge < -0.3 is 10.6 Å². The maximum atomic E-state index is 12.1. The first-order valence-electron chi connectivity index (χ1n) is 8.48. The van der Waals surface area contributed by atoms with Gasteiger partial charge in [-0.2, -0.15) is 0 Å². The van der Waals surface area contributed by atoms with Crippen molar-refractivity contribution in [1.82, 2.24) is 20.3 Å². The predicted octanol–water partition coefficient (Wildman–Crippen LogP) is 1.91. The van der Waals surface area contributed by atoms with Gasteiger partial charge in [0.15, 0.2) is 5.96 Å². The molecule has 9 heteroatoms. The van der Waals surface area contributed by atoms with Crippen LogP contribution < -0.4 is 15.4 Å². The van der Waals surface area contributed by atoms with Gasteiger partial charge in [-0.25, -0.2) is 13.1 Å². The zero-order valence-electron chi connectivity index (χ0n) is 15.5. The molecule has 0 saturated heterocycles. The van der Waals surface area contributed by atoms with Gasteiger partial charge in [0.05, 0.1) is 0 Å². The Kier molecular flexibility index (Phi) is 10.3. The summed E-state index contributed by atoms with van der Waals surface area (Å²) in [5.74, 6) is 0.622. The Balaban J connectivity index is 0.00000364. The molecule has 0 aliphatic rings. The summed E-state index contributed by atoms with van der Waals surface area (Å²) in [5.41, 5.74) is 2.51. The minimum atomic E-state index is -3.54. The highest BCUT2D eigenvalue weighted by atomic mass is 127. The molecule has 1 heterocycles. The van der Waals surface area contributed by atoms with Crippen LogP contribution in [0.4, 0.5) is 0 Å². The minimum Gasteiger partial charge on any atom is -0.355 e. The number of benzene rings is 1. The van der Waals surface area contributed by atoms with Crippen LogP contribution in [0.2, 0.25) is 0 Å². The van der Waals surface area contributed by atoms with E-state index in [-0.39, 0.29) is 35.4 Å². The number of aromatic nitrogens is 1. The zero-order chi connectivity index (χ0) is 18.8. The average molecular weight is 503 g/mol. The molecule has 1 aromatic carbocycles. The molecule has 0 aliphatic heterocycles. The number of hydrogen-bond donors (Lipinski definition) is 3. The van der Waals surface area contributed by atoms with Crippen LogP contribution >= 0.6 is 24.0 Å². The Morgan fingerprint density at radius 3 is 2.44 bits per heavy atom. The van der Waals surface area contributed by atoms with Crippen LogP contribution in [0.1, 0.15) is 18.1 Å². The van der Waals surface area contributed by atoms with Crippen molar-refractivity contribution in [2.24, 2.45) is 4.99 Å². The Morgan fingerprint density at radius 1 is 1.07 bits per heavy atom. The molecule has 27 heavy (non-hydrogen) atoms. The quantitative estimate of drug-likeness (QED) is 0.222. The zero-order valence-corrected chi connectivity index (χ0v) is 18.6. The molecule has 3 N–H and O–H groups in total. The summed E-state index contributed by atoms with van der Waals surface area (Å²) in [5, 5.41) is 6.34. The lowest BCUT2D eigenvalue weighted by atomic mass is 10.1. The highest BCUT2D eigenvalue weighted by Crippen LogP contribution is 2.08. The molecule has 0 atom stereocenters. The average Bonchev–Trinajstić information content (AvgIpc) is 2.68. The molecule has 148 valence electrons. The molecule has 2 aromatic rings. The number of rotatable bonds is 8. The third-order valence-corrected chi connectivity index (χ3v) is 5.27. The molecule has 0 unspecified atom stereocenters. The number of aryl methyl sites for hydroxylation is 1. The first kappa shape index (κ1) is 23.3. The van der Waals surface area contributed by atoms with Crippen LogP contribution in [0.15, 0.2) is 58.7 Å². The van der Waals surface area contributed by atoms with Gasteiger partial charge in [0.1, 0.15) is 4.90 Å². The fourth-order valence-corrected chi connectivity index (χ4v) is 3.42. The smallest absolute Gasteiger partial charge is 0.242 e. The van der Waals surface area contributed by atoms with Gasteiger partial charge in [0, 0.05) is 39.1 Å². The Labute approximate surface area is 178 Å². The molecule has 7 nitrogen and oxygen atoms in total. The van der Waals surface area contributed by atoms with E-state index in [1.807, 2.05) is 12.1 Å². The summed E-state index contributed by atoms with van der Waals surface area (Å²) in [6, 6.07) is 11.3. The van der Waals surface area contributed by atoms with Crippen LogP contribution in [0.25, 0.3) is 0 Å². The molecule has 0 radical (unpaired) electrons. The minimum absolute atomic E-state index is 0. The van der Waals surface area contributed by atoms with Crippen LogP contribution in [0, 0.1) is 0 Å². The number of pyridine rings is 1. The van der Waals surface area contributed by atoms with Crippen LogP contribution in [0.5, 0.6) is 0 Å². The van der Waals surface area contributed by atoms with Gasteiger partial charge >= 0.3 is 0 Å². The molecular formula is C18H26IN5O2S. The predicted molar refractivity (Wildman–Crippen MR) is 119 cm³/mol.